The molecule has 0 bridgehead atoms. The molecule has 0 aliphatic rings. The molecule has 2 aromatic rings. The van der Waals surface area contributed by atoms with Gasteiger partial charge in [0, 0.05) is 26.3 Å². The summed E-state index contributed by atoms with van der Waals surface area (Å²) < 4.78 is 22.5. The van der Waals surface area contributed by atoms with E-state index in [9.17, 15) is 13.2 Å². The van der Waals surface area contributed by atoms with Gasteiger partial charge in [-0.3, -0.25) is 4.79 Å². The van der Waals surface area contributed by atoms with Crippen LogP contribution in [-0.4, -0.2) is 39.4 Å². The van der Waals surface area contributed by atoms with E-state index in [0.29, 0.717) is 18.5 Å². The number of nitrogens with two attached hydrogens (primary N) is 1. The van der Waals surface area contributed by atoms with Crippen molar-refractivity contribution in [3.05, 3.63) is 53.7 Å². The standard InChI is InChI=1S/C19H26N4O3S/c1-3-4-13-23(2)18-10-7-16(14-22-18)19(24)21-12-11-15-5-8-17(9-6-15)27(20,25)26/h5-10,14H,3-4,11-13H2,1-2H3,(H,21,24)(H2,20,25,26). The highest BCUT2D eigenvalue weighted by Gasteiger charge is 2.09. The van der Waals surface area contributed by atoms with E-state index in [0.717, 1.165) is 30.8 Å². The highest BCUT2D eigenvalue weighted by molar-refractivity contribution is 7.89. The lowest BCUT2D eigenvalue weighted by atomic mass is 10.1. The van der Waals surface area contributed by atoms with Crippen LogP contribution in [0.3, 0.4) is 0 Å². The van der Waals surface area contributed by atoms with Gasteiger partial charge in [0.05, 0.1) is 10.5 Å². The lowest BCUT2D eigenvalue weighted by Crippen LogP contribution is -2.26. The van der Waals surface area contributed by atoms with E-state index in [4.69, 9.17) is 5.14 Å². The van der Waals surface area contributed by atoms with Gasteiger partial charge in [-0.25, -0.2) is 18.5 Å². The van der Waals surface area contributed by atoms with Gasteiger partial charge in [0.15, 0.2) is 0 Å². The highest BCUT2D eigenvalue weighted by atomic mass is 32.2. The number of rotatable bonds is 9. The first kappa shape index (κ1) is 20.9. The Kier molecular flexibility index (Phi) is 7.32. The number of carbonyl (C=O) groups excluding carboxylic acids is 1. The largest absolute Gasteiger partial charge is 0.360 e. The summed E-state index contributed by atoms with van der Waals surface area (Å²) in [6.07, 6.45) is 4.38. The summed E-state index contributed by atoms with van der Waals surface area (Å²) in [4.78, 5) is 18.7. The van der Waals surface area contributed by atoms with Gasteiger partial charge in [-0.05, 0) is 42.7 Å². The van der Waals surface area contributed by atoms with E-state index in [1.165, 1.54) is 12.1 Å². The van der Waals surface area contributed by atoms with Crippen LogP contribution in [0.2, 0.25) is 0 Å². The summed E-state index contributed by atoms with van der Waals surface area (Å²) >= 11 is 0. The number of hydrogen-bond donors (Lipinski definition) is 2. The first-order valence-corrected chi connectivity index (χ1v) is 10.4. The predicted octanol–water partition coefficient (Wildman–Crippen LogP) is 1.94. The second-order valence-electron chi connectivity index (χ2n) is 6.38. The molecule has 27 heavy (non-hydrogen) atoms. The van der Waals surface area contributed by atoms with Crippen LogP contribution >= 0.6 is 0 Å². The quantitative estimate of drug-likeness (QED) is 0.681. The maximum Gasteiger partial charge on any atom is 0.252 e. The Morgan fingerprint density at radius 1 is 1.19 bits per heavy atom. The Bertz CT molecular complexity index is 850. The van der Waals surface area contributed by atoms with Crippen LogP contribution in [0.15, 0.2) is 47.5 Å². The number of hydrogen-bond acceptors (Lipinski definition) is 5. The minimum Gasteiger partial charge on any atom is -0.360 e. The van der Waals surface area contributed by atoms with Gasteiger partial charge in [-0.1, -0.05) is 25.5 Å². The van der Waals surface area contributed by atoms with Crippen LogP contribution in [0.5, 0.6) is 0 Å². The third-order valence-electron chi connectivity index (χ3n) is 4.20. The molecule has 1 aromatic carbocycles. The van der Waals surface area contributed by atoms with E-state index in [2.05, 4.69) is 22.1 Å². The Labute approximate surface area is 160 Å². The number of pyridine rings is 1. The monoisotopic (exact) mass is 390 g/mol. The van der Waals surface area contributed by atoms with Crippen LogP contribution < -0.4 is 15.4 Å². The van der Waals surface area contributed by atoms with Crippen molar-refractivity contribution in [3.8, 4) is 0 Å². The molecule has 0 saturated heterocycles. The van der Waals surface area contributed by atoms with E-state index in [-0.39, 0.29) is 10.8 Å². The molecule has 0 atom stereocenters. The van der Waals surface area contributed by atoms with Crippen molar-refractivity contribution >= 4 is 21.7 Å². The number of benzene rings is 1. The number of amides is 1. The third-order valence-corrected chi connectivity index (χ3v) is 5.13. The van der Waals surface area contributed by atoms with Gasteiger partial charge in [0.2, 0.25) is 10.0 Å². The first-order valence-electron chi connectivity index (χ1n) is 8.88. The number of aromatic nitrogens is 1. The van der Waals surface area contributed by atoms with Crippen molar-refractivity contribution in [1.29, 1.82) is 0 Å². The molecule has 2 rings (SSSR count). The maximum atomic E-state index is 12.2. The van der Waals surface area contributed by atoms with Crippen molar-refractivity contribution in [1.82, 2.24) is 10.3 Å². The summed E-state index contributed by atoms with van der Waals surface area (Å²) in [5, 5.41) is 7.91. The molecule has 0 radical (unpaired) electrons. The number of sulfonamides is 1. The highest BCUT2D eigenvalue weighted by Crippen LogP contribution is 2.11. The van der Waals surface area contributed by atoms with Crippen molar-refractivity contribution < 1.29 is 13.2 Å². The summed E-state index contributed by atoms with van der Waals surface area (Å²) in [5.41, 5.74) is 1.42. The molecule has 146 valence electrons. The summed E-state index contributed by atoms with van der Waals surface area (Å²) in [7, 11) is -1.70. The van der Waals surface area contributed by atoms with Crippen molar-refractivity contribution in [2.24, 2.45) is 5.14 Å². The van der Waals surface area contributed by atoms with Crippen LogP contribution in [-0.2, 0) is 16.4 Å². The Hall–Kier alpha value is -2.45. The topological polar surface area (TPSA) is 105 Å². The fourth-order valence-corrected chi connectivity index (χ4v) is 3.04. The zero-order valence-electron chi connectivity index (χ0n) is 15.7. The summed E-state index contributed by atoms with van der Waals surface area (Å²) in [6.45, 7) is 3.51. The number of nitrogens with zero attached hydrogens (tertiary/aromatic N) is 2. The van der Waals surface area contributed by atoms with E-state index < -0.39 is 10.0 Å². The number of primary sulfonamides is 1. The molecule has 1 amide bonds. The smallest absolute Gasteiger partial charge is 0.252 e. The second kappa shape index (κ2) is 9.48. The molecule has 1 heterocycles. The molecule has 0 unspecified atom stereocenters. The molecule has 0 aliphatic carbocycles. The molecule has 3 N–H and O–H groups in total. The number of carbonyl (C=O) groups is 1. The van der Waals surface area contributed by atoms with Gasteiger partial charge in [-0.2, -0.15) is 0 Å². The minimum atomic E-state index is -3.68. The van der Waals surface area contributed by atoms with Gasteiger partial charge < -0.3 is 10.2 Å². The van der Waals surface area contributed by atoms with Gasteiger partial charge in [0.25, 0.3) is 5.91 Å². The molecule has 0 aliphatic heterocycles. The Morgan fingerprint density at radius 3 is 2.44 bits per heavy atom. The van der Waals surface area contributed by atoms with Crippen LogP contribution in [0, 0.1) is 0 Å². The predicted molar refractivity (Wildman–Crippen MR) is 106 cm³/mol. The zero-order chi connectivity index (χ0) is 19.9. The molecule has 8 heteroatoms. The normalized spacial score (nSPS) is 11.2. The molecule has 7 nitrogen and oxygen atoms in total. The van der Waals surface area contributed by atoms with Crippen molar-refractivity contribution in [2.75, 3.05) is 25.0 Å². The molecular formula is C19H26N4O3S. The number of nitrogens with one attached hydrogen (secondary N) is 1. The van der Waals surface area contributed by atoms with Gasteiger partial charge in [-0.15, -0.1) is 0 Å². The average Bonchev–Trinajstić information content (AvgIpc) is 2.66. The Balaban J connectivity index is 1.85. The van der Waals surface area contributed by atoms with E-state index in [1.807, 2.05) is 13.1 Å². The molecule has 1 aromatic heterocycles. The van der Waals surface area contributed by atoms with Gasteiger partial charge in [0.1, 0.15) is 5.82 Å². The summed E-state index contributed by atoms with van der Waals surface area (Å²) in [6, 6.07) is 9.91. The average molecular weight is 391 g/mol. The molecular weight excluding hydrogens is 364 g/mol. The van der Waals surface area contributed by atoms with Crippen LogP contribution in [0.4, 0.5) is 5.82 Å². The Morgan fingerprint density at radius 2 is 1.89 bits per heavy atom. The van der Waals surface area contributed by atoms with Crippen LogP contribution in [0.1, 0.15) is 35.7 Å². The molecule has 0 fully saturated rings. The van der Waals surface area contributed by atoms with Crippen molar-refractivity contribution in [3.63, 3.8) is 0 Å². The van der Waals surface area contributed by atoms with Crippen molar-refractivity contribution in [2.45, 2.75) is 31.1 Å². The number of anilines is 1. The van der Waals surface area contributed by atoms with E-state index in [1.54, 1.807) is 24.4 Å². The fraction of sp³-hybridized carbons (Fsp3) is 0.368. The zero-order valence-corrected chi connectivity index (χ0v) is 16.5. The third kappa shape index (κ3) is 6.33. The van der Waals surface area contributed by atoms with Crippen LogP contribution in [0.25, 0.3) is 0 Å². The first-order chi connectivity index (χ1) is 12.8. The fourth-order valence-electron chi connectivity index (χ4n) is 2.52. The second-order valence-corrected chi connectivity index (χ2v) is 7.94. The summed E-state index contributed by atoms with van der Waals surface area (Å²) in [5.74, 6) is 0.654. The van der Waals surface area contributed by atoms with E-state index >= 15 is 0 Å². The SMILES string of the molecule is CCCCN(C)c1ccc(C(=O)NCCc2ccc(S(N)(=O)=O)cc2)cn1. The molecule has 0 saturated carbocycles. The maximum absolute atomic E-state index is 12.2. The lowest BCUT2D eigenvalue weighted by molar-refractivity contribution is 0.0954. The lowest BCUT2D eigenvalue weighted by Gasteiger charge is -2.17. The van der Waals surface area contributed by atoms with Gasteiger partial charge >= 0.3 is 0 Å². The molecule has 0 spiro atoms. The minimum absolute atomic E-state index is 0.0744. The number of unbranched alkanes of at least 4 members (excludes halogenated alkanes) is 1.